The summed E-state index contributed by atoms with van der Waals surface area (Å²) in [6.07, 6.45) is 2.13. The molecule has 0 aromatic heterocycles. The molecule has 4 heteroatoms. The first-order chi connectivity index (χ1) is 10.1. The number of hydrogen-bond donors (Lipinski definition) is 1. The Hall–Kier alpha value is -1.94. The Morgan fingerprint density at radius 2 is 1.90 bits per heavy atom. The average Bonchev–Trinajstić information content (AvgIpc) is 2.69. The molecule has 108 valence electrons. The number of rotatable bonds is 2. The van der Waals surface area contributed by atoms with Crippen molar-refractivity contribution in [2.45, 2.75) is 19.4 Å². The molecule has 3 rings (SSSR count). The van der Waals surface area contributed by atoms with Crippen LogP contribution < -0.4 is 10.6 Å². The van der Waals surface area contributed by atoms with Gasteiger partial charge < -0.3 is 10.6 Å². The average molecular weight is 300 g/mol. The van der Waals surface area contributed by atoms with Crippen molar-refractivity contribution in [3.63, 3.8) is 0 Å². The molecule has 0 fully saturated rings. The molecule has 0 bridgehead atoms. The smallest absolute Gasteiger partial charge is 0.124 e. The Bertz CT molecular complexity index is 684. The maximum atomic E-state index is 13.5. The van der Waals surface area contributed by atoms with Gasteiger partial charge in [-0.05, 0) is 42.2 Å². The summed E-state index contributed by atoms with van der Waals surface area (Å²) in [5.41, 5.74) is 10.00. The van der Waals surface area contributed by atoms with E-state index < -0.39 is 0 Å². The standard InChI is InChI=1S/C17H17FN2S/c18-14-7-8-16(15(10-14)17(19)21)20-9-3-6-12-4-1-2-5-13(12)11-20/h1-2,4-5,7-8,10H,3,6,9,11H2,(H2,19,21). The number of anilines is 1. The number of fused-ring (bicyclic) bond motifs is 1. The molecule has 0 radical (unpaired) electrons. The molecule has 0 saturated carbocycles. The molecule has 1 heterocycles. The number of nitrogens with zero attached hydrogens (tertiary/aromatic N) is 1. The zero-order valence-corrected chi connectivity index (χ0v) is 12.5. The summed E-state index contributed by atoms with van der Waals surface area (Å²) in [5.74, 6) is -0.309. The van der Waals surface area contributed by atoms with Gasteiger partial charge in [0.2, 0.25) is 0 Å². The van der Waals surface area contributed by atoms with Gasteiger partial charge in [0.05, 0.1) is 0 Å². The van der Waals surface area contributed by atoms with Gasteiger partial charge in [-0.25, -0.2) is 4.39 Å². The van der Waals surface area contributed by atoms with E-state index in [9.17, 15) is 4.39 Å². The predicted octanol–water partition coefficient (Wildman–Crippen LogP) is 3.41. The third-order valence-electron chi connectivity index (χ3n) is 3.92. The molecular formula is C17H17FN2S. The third kappa shape index (κ3) is 2.90. The molecule has 21 heavy (non-hydrogen) atoms. The molecule has 0 atom stereocenters. The van der Waals surface area contributed by atoms with Gasteiger partial charge in [0.1, 0.15) is 10.8 Å². The molecule has 0 aliphatic carbocycles. The fourth-order valence-electron chi connectivity index (χ4n) is 2.89. The summed E-state index contributed by atoms with van der Waals surface area (Å²) < 4.78 is 13.5. The normalized spacial score (nSPS) is 14.4. The lowest BCUT2D eigenvalue weighted by molar-refractivity contribution is 0.627. The van der Waals surface area contributed by atoms with Crippen molar-refractivity contribution in [2.75, 3.05) is 11.4 Å². The van der Waals surface area contributed by atoms with E-state index in [1.807, 2.05) is 0 Å². The van der Waals surface area contributed by atoms with Gasteiger partial charge >= 0.3 is 0 Å². The molecule has 2 aromatic carbocycles. The Labute approximate surface area is 129 Å². The van der Waals surface area contributed by atoms with Gasteiger partial charge in [0.25, 0.3) is 0 Å². The second kappa shape index (κ2) is 5.82. The largest absolute Gasteiger partial charge is 0.389 e. The van der Waals surface area contributed by atoms with Crippen molar-refractivity contribution >= 4 is 22.9 Å². The van der Waals surface area contributed by atoms with Gasteiger partial charge in [-0.1, -0.05) is 36.5 Å². The van der Waals surface area contributed by atoms with Gasteiger partial charge in [-0.3, -0.25) is 0 Å². The molecule has 2 N–H and O–H groups in total. The summed E-state index contributed by atoms with van der Waals surface area (Å²) in [4.78, 5) is 2.47. The van der Waals surface area contributed by atoms with Gasteiger partial charge in [-0.15, -0.1) is 0 Å². The van der Waals surface area contributed by atoms with Gasteiger partial charge in [0, 0.05) is 24.3 Å². The third-order valence-corrected chi connectivity index (χ3v) is 4.14. The van der Waals surface area contributed by atoms with Crippen LogP contribution in [0.4, 0.5) is 10.1 Å². The van der Waals surface area contributed by atoms with Crippen LogP contribution in [0, 0.1) is 5.82 Å². The van der Waals surface area contributed by atoms with Crippen molar-refractivity contribution in [3.8, 4) is 0 Å². The Morgan fingerprint density at radius 1 is 1.14 bits per heavy atom. The van der Waals surface area contributed by atoms with Crippen LogP contribution in [0.1, 0.15) is 23.1 Å². The van der Waals surface area contributed by atoms with E-state index in [4.69, 9.17) is 18.0 Å². The van der Waals surface area contributed by atoms with Crippen LogP contribution in [0.15, 0.2) is 42.5 Å². The molecule has 0 unspecified atom stereocenters. The van der Waals surface area contributed by atoms with Crippen molar-refractivity contribution in [1.82, 2.24) is 0 Å². The number of thiocarbonyl (C=S) groups is 1. The van der Waals surface area contributed by atoms with Crippen molar-refractivity contribution in [1.29, 1.82) is 0 Å². The number of nitrogens with two attached hydrogens (primary N) is 1. The SMILES string of the molecule is NC(=S)c1cc(F)ccc1N1CCCc2ccccc2C1. The molecule has 0 amide bonds. The van der Waals surface area contributed by atoms with Crippen LogP contribution in [0.3, 0.4) is 0 Å². The quantitative estimate of drug-likeness (QED) is 0.862. The summed E-state index contributed by atoms with van der Waals surface area (Å²) in [5, 5.41) is 0. The first-order valence-electron chi connectivity index (χ1n) is 7.06. The number of aryl methyl sites for hydroxylation is 1. The second-order valence-electron chi connectivity index (χ2n) is 5.32. The van der Waals surface area contributed by atoms with E-state index in [-0.39, 0.29) is 10.8 Å². The lowest BCUT2D eigenvalue weighted by Gasteiger charge is -2.25. The number of hydrogen-bond acceptors (Lipinski definition) is 2. The molecule has 2 nitrogen and oxygen atoms in total. The van der Waals surface area contributed by atoms with Crippen LogP contribution in [-0.2, 0) is 13.0 Å². The van der Waals surface area contributed by atoms with Crippen LogP contribution >= 0.6 is 12.2 Å². The molecule has 0 saturated heterocycles. The predicted molar refractivity (Wildman–Crippen MR) is 88.1 cm³/mol. The second-order valence-corrected chi connectivity index (χ2v) is 5.76. The van der Waals surface area contributed by atoms with E-state index >= 15 is 0 Å². The lowest BCUT2D eigenvalue weighted by Crippen LogP contribution is -2.26. The highest BCUT2D eigenvalue weighted by molar-refractivity contribution is 7.80. The van der Waals surface area contributed by atoms with E-state index in [2.05, 4.69) is 29.2 Å². The topological polar surface area (TPSA) is 29.3 Å². The van der Waals surface area contributed by atoms with E-state index in [0.717, 1.165) is 31.6 Å². The minimum Gasteiger partial charge on any atom is -0.389 e. The fourth-order valence-corrected chi connectivity index (χ4v) is 3.05. The zero-order chi connectivity index (χ0) is 14.8. The minimum absolute atomic E-state index is 0.238. The van der Waals surface area contributed by atoms with E-state index in [1.165, 1.54) is 23.3 Å². The van der Waals surface area contributed by atoms with Crippen molar-refractivity contribution in [2.24, 2.45) is 5.73 Å². The summed E-state index contributed by atoms with van der Waals surface area (Å²) in [7, 11) is 0. The van der Waals surface area contributed by atoms with E-state index in [1.54, 1.807) is 6.07 Å². The molecule has 1 aliphatic heterocycles. The first kappa shape index (κ1) is 14.0. The highest BCUT2D eigenvalue weighted by Crippen LogP contribution is 2.27. The van der Waals surface area contributed by atoms with Crippen LogP contribution in [0.25, 0.3) is 0 Å². The number of halogens is 1. The fraction of sp³-hybridized carbons (Fsp3) is 0.235. The summed E-state index contributed by atoms with van der Waals surface area (Å²) in [6.45, 7) is 1.72. The van der Waals surface area contributed by atoms with E-state index in [0.29, 0.717) is 5.56 Å². The van der Waals surface area contributed by atoms with Crippen LogP contribution in [-0.4, -0.2) is 11.5 Å². The molecule has 2 aromatic rings. The molecular weight excluding hydrogens is 283 g/mol. The minimum atomic E-state index is -0.309. The zero-order valence-electron chi connectivity index (χ0n) is 11.7. The van der Waals surface area contributed by atoms with Crippen LogP contribution in [0.5, 0.6) is 0 Å². The van der Waals surface area contributed by atoms with Gasteiger partial charge in [-0.2, -0.15) is 0 Å². The monoisotopic (exact) mass is 300 g/mol. The number of benzene rings is 2. The Balaban J connectivity index is 2.00. The van der Waals surface area contributed by atoms with Crippen molar-refractivity contribution in [3.05, 3.63) is 65.0 Å². The summed E-state index contributed by atoms with van der Waals surface area (Å²) >= 11 is 5.07. The van der Waals surface area contributed by atoms with Crippen LogP contribution in [0.2, 0.25) is 0 Å². The maximum Gasteiger partial charge on any atom is 0.124 e. The highest BCUT2D eigenvalue weighted by Gasteiger charge is 2.18. The Kier molecular flexibility index (Phi) is 3.88. The lowest BCUT2D eigenvalue weighted by atomic mass is 10.0. The first-order valence-corrected chi connectivity index (χ1v) is 7.47. The van der Waals surface area contributed by atoms with Gasteiger partial charge in [0.15, 0.2) is 0 Å². The maximum absolute atomic E-state index is 13.5. The van der Waals surface area contributed by atoms with Crippen molar-refractivity contribution < 1.29 is 4.39 Å². The highest BCUT2D eigenvalue weighted by atomic mass is 32.1. The molecule has 1 aliphatic rings. The Morgan fingerprint density at radius 3 is 2.67 bits per heavy atom. The molecule has 0 spiro atoms. The summed E-state index contributed by atoms with van der Waals surface area (Å²) in [6, 6.07) is 13.1.